The van der Waals surface area contributed by atoms with Gasteiger partial charge in [0.25, 0.3) is 0 Å². The van der Waals surface area contributed by atoms with E-state index in [0.29, 0.717) is 17.3 Å². The Kier molecular flexibility index (Phi) is 5.66. The van der Waals surface area contributed by atoms with E-state index in [1.807, 2.05) is 6.92 Å². The average molecular weight is 337 g/mol. The molecule has 124 valence electrons. The van der Waals surface area contributed by atoms with Gasteiger partial charge in [0, 0.05) is 29.2 Å². The van der Waals surface area contributed by atoms with Crippen molar-refractivity contribution >= 4 is 29.5 Å². The molecule has 1 heterocycles. The van der Waals surface area contributed by atoms with Crippen molar-refractivity contribution in [2.24, 2.45) is 11.7 Å². The third-order valence-corrected chi connectivity index (χ3v) is 4.40. The van der Waals surface area contributed by atoms with Gasteiger partial charge in [0.2, 0.25) is 11.8 Å². The van der Waals surface area contributed by atoms with Gasteiger partial charge in [0.15, 0.2) is 0 Å². The summed E-state index contributed by atoms with van der Waals surface area (Å²) in [6.07, 6.45) is 4.65. The van der Waals surface area contributed by atoms with Crippen LogP contribution in [0.25, 0.3) is 6.08 Å². The molecule has 1 aliphatic rings. The minimum Gasteiger partial charge on any atom is -0.496 e. The lowest BCUT2D eigenvalue weighted by atomic mass is 9.93. The number of halogens is 1. The van der Waals surface area contributed by atoms with E-state index in [0.717, 1.165) is 18.4 Å². The number of carbonyl (C=O) groups excluding carboxylic acids is 2. The molecule has 1 saturated heterocycles. The number of hydrogen-bond donors (Lipinski definition) is 1. The first-order valence-electron chi connectivity index (χ1n) is 7.54. The molecule has 1 aromatic rings. The summed E-state index contributed by atoms with van der Waals surface area (Å²) < 4.78 is 5.25. The molecule has 2 N–H and O–H groups in total. The summed E-state index contributed by atoms with van der Waals surface area (Å²) in [5, 5.41) is 0.568. The van der Waals surface area contributed by atoms with Gasteiger partial charge in [0.1, 0.15) is 5.75 Å². The highest BCUT2D eigenvalue weighted by Crippen LogP contribution is 2.25. The first-order valence-corrected chi connectivity index (χ1v) is 7.91. The molecule has 2 amide bonds. The van der Waals surface area contributed by atoms with Gasteiger partial charge in [-0.3, -0.25) is 9.59 Å². The van der Waals surface area contributed by atoms with E-state index >= 15 is 0 Å². The molecule has 0 saturated carbocycles. The standard InChI is InChI=1S/C17H21ClN2O3/c1-11-3-4-13(17(19)22)10-20(11)16(21)8-5-12-9-14(18)6-7-15(12)23-2/h5-9,11,13H,3-4,10H2,1-2H3,(H2,19,22)/b8-5-/t11-,13-/m1/s1. The van der Waals surface area contributed by atoms with Gasteiger partial charge in [-0.1, -0.05) is 11.6 Å². The third-order valence-electron chi connectivity index (χ3n) is 4.16. The Morgan fingerprint density at radius 1 is 1.39 bits per heavy atom. The molecule has 0 unspecified atom stereocenters. The third kappa shape index (κ3) is 4.26. The number of ether oxygens (including phenoxy) is 1. The van der Waals surface area contributed by atoms with E-state index in [1.165, 1.54) is 6.08 Å². The van der Waals surface area contributed by atoms with Crippen LogP contribution in [0.15, 0.2) is 24.3 Å². The summed E-state index contributed by atoms with van der Waals surface area (Å²) in [5.41, 5.74) is 6.09. The van der Waals surface area contributed by atoms with E-state index in [2.05, 4.69) is 0 Å². The van der Waals surface area contributed by atoms with Crippen molar-refractivity contribution in [2.75, 3.05) is 13.7 Å². The van der Waals surface area contributed by atoms with Crippen LogP contribution in [-0.2, 0) is 9.59 Å². The Balaban J connectivity index is 2.14. The summed E-state index contributed by atoms with van der Waals surface area (Å²) >= 11 is 5.98. The number of rotatable bonds is 4. The molecule has 2 rings (SSSR count). The SMILES string of the molecule is COc1ccc(Cl)cc1/C=C\C(=O)N1C[C@H](C(N)=O)CC[C@H]1C. The summed E-state index contributed by atoms with van der Waals surface area (Å²) in [5.74, 6) is -0.134. The number of primary amides is 1. The van der Waals surface area contributed by atoms with Gasteiger partial charge in [-0.15, -0.1) is 0 Å². The van der Waals surface area contributed by atoms with Crippen molar-refractivity contribution in [1.29, 1.82) is 0 Å². The summed E-state index contributed by atoms with van der Waals surface area (Å²) in [4.78, 5) is 25.5. The molecule has 1 aliphatic heterocycles. The van der Waals surface area contributed by atoms with Crippen LogP contribution in [0, 0.1) is 5.92 Å². The number of hydrogen-bond acceptors (Lipinski definition) is 3. The Morgan fingerprint density at radius 3 is 2.78 bits per heavy atom. The van der Waals surface area contributed by atoms with E-state index < -0.39 is 0 Å². The van der Waals surface area contributed by atoms with Crippen molar-refractivity contribution in [2.45, 2.75) is 25.8 Å². The number of carbonyl (C=O) groups is 2. The largest absolute Gasteiger partial charge is 0.496 e. The smallest absolute Gasteiger partial charge is 0.246 e. The Labute approximate surface area is 141 Å². The molecule has 6 heteroatoms. The Bertz CT molecular complexity index is 630. The van der Waals surface area contributed by atoms with E-state index in [9.17, 15) is 9.59 Å². The molecule has 0 aliphatic carbocycles. The molecule has 1 fully saturated rings. The number of likely N-dealkylation sites (tertiary alicyclic amines) is 1. The first-order chi connectivity index (χ1) is 10.9. The van der Waals surface area contributed by atoms with Crippen molar-refractivity contribution < 1.29 is 14.3 Å². The molecule has 0 aromatic heterocycles. The number of amides is 2. The number of methoxy groups -OCH3 is 1. The second-order valence-corrected chi connectivity index (χ2v) is 6.17. The normalized spacial score (nSPS) is 21.4. The molecule has 1 aromatic carbocycles. The zero-order chi connectivity index (χ0) is 17.0. The second kappa shape index (κ2) is 7.51. The van der Waals surface area contributed by atoms with Crippen LogP contribution < -0.4 is 10.5 Å². The summed E-state index contributed by atoms with van der Waals surface area (Å²) in [7, 11) is 1.56. The maximum absolute atomic E-state index is 12.4. The molecular weight excluding hydrogens is 316 g/mol. The van der Waals surface area contributed by atoms with Crippen molar-refractivity contribution in [3.63, 3.8) is 0 Å². The quantitative estimate of drug-likeness (QED) is 0.858. The lowest BCUT2D eigenvalue weighted by molar-refractivity contribution is -0.133. The fourth-order valence-electron chi connectivity index (χ4n) is 2.74. The molecule has 0 bridgehead atoms. The number of piperidine rings is 1. The second-order valence-electron chi connectivity index (χ2n) is 5.74. The van der Waals surface area contributed by atoms with Crippen molar-refractivity contribution in [1.82, 2.24) is 4.90 Å². The summed E-state index contributed by atoms with van der Waals surface area (Å²) in [6, 6.07) is 5.29. The topological polar surface area (TPSA) is 72.6 Å². The minimum absolute atomic E-state index is 0.0870. The van der Waals surface area contributed by atoms with Crippen LogP contribution in [0.1, 0.15) is 25.3 Å². The molecule has 2 atom stereocenters. The maximum Gasteiger partial charge on any atom is 0.246 e. The van der Waals surface area contributed by atoms with Gasteiger partial charge >= 0.3 is 0 Å². The van der Waals surface area contributed by atoms with Crippen LogP contribution in [0.3, 0.4) is 0 Å². The van der Waals surface area contributed by atoms with Crippen LogP contribution in [0.2, 0.25) is 5.02 Å². The van der Waals surface area contributed by atoms with Gasteiger partial charge in [0.05, 0.1) is 13.0 Å². The van der Waals surface area contributed by atoms with E-state index in [-0.39, 0.29) is 23.8 Å². The Hall–Kier alpha value is -2.01. The average Bonchev–Trinajstić information content (AvgIpc) is 2.53. The van der Waals surface area contributed by atoms with Gasteiger partial charge in [-0.25, -0.2) is 0 Å². The fourth-order valence-corrected chi connectivity index (χ4v) is 2.92. The van der Waals surface area contributed by atoms with E-state index in [1.54, 1.807) is 36.3 Å². The van der Waals surface area contributed by atoms with Crippen LogP contribution >= 0.6 is 11.6 Å². The van der Waals surface area contributed by atoms with Crippen molar-refractivity contribution in [3.05, 3.63) is 34.9 Å². The van der Waals surface area contributed by atoms with Crippen LogP contribution in [-0.4, -0.2) is 36.4 Å². The minimum atomic E-state index is -0.352. The number of nitrogens with two attached hydrogens (primary N) is 1. The highest BCUT2D eigenvalue weighted by molar-refractivity contribution is 6.30. The zero-order valence-electron chi connectivity index (χ0n) is 13.3. The molecule has 23 heavy (non-hydrogen) atoms. The zero-order valence-corrected chi connectivity index (χ0v) is 14.0. The van der Waals surface area contributed by atoms with Crippen LogP contribution in [0.5, 0.6) is 5.75 Å². The highest BCUT2D eigenvalue weighted by Gasteiger charge is 2.30. The fraction of sp³-hybridized carbons (Fsp3) is 0.412. The van der Waals surface area contributed by atoms with Gasteiger partial charge in [-0.2, -0.15) is 0 Å². The molecule has 5 nitrogen and oxygen atoms in total. The van der Waals surface area contributed by atoms with Crippen LogP contribution in [0.4, 0.5) is 0 Å². The lowest BCUT2D eigenvalue weighted by Crippen LogP contribution is -2.48. The molecule has 0 spiro atoms. The predicted molar refractivity (Wildman–Crippen MR) is 90.1 cm³/mol. The summed E-state index contributed by atoms with van der Waals surface area (Å²) in [6.45, 7) is 2.34. The Morgan fingerprint density at radius 2 is 2.13 bits per heavy atom. The monoisotopic (exact) mass is 336 g/mol. The highest BCUT2D eigenvalue weighted by atomic mass is 35.5. The lowest BCUT2D eigenvalue weighted by Gasteiger charge is -2.36. The van der Waals surface area contributed by atoms with Gasteiger partial charge < -0.3 is 15.4 Å². The predicted octanol–water partition coefficient (Wildman–Crippen LogP) is 2.47. The van der Waals surface area contributed by atoms with Crippen molar-refractivity contribution in [3.8, 4) is 5.75 Å². The molecular formula is C17H21ClN2O3. The number of benzene rings is 1. The maximum atomic E-state index is 12.4. The van der Waals surface area contributed by atoms with E-state index in [4.69, 9.17) is 22.1 Å². The van der Waals surface area contributed by atoms with Gasteiger partial charge in [-0.05, 0) is 44.0 Å². The molecule has 0 radical (unpaired) electrons. The number of nitrogens with zero attached hydrogens (tertiary/aromatic N) is 1. The first kappa shape index (κ1) is 17.3.